The molecule has 16 heteroatoms. The van der Waals surface area contributed by atoms with Gasteiger partial charge in [0.05, 0.1) is 17.6 Å². The van der Waals surface area contributed by atoms with Crippen LogP contribution in [-0.4, -0.2) is 116 Å². The molecular formula is C39H55N3O13. The van der Waals surface area contributed by atoms with Gasteiger partial charge in [-0.1, -0.05) is 38.5 Å². The van der Waals surface area contributed by atoms with Gasteiger partial charge in [0.2, 0.25) is 11.8 Å². The first-order chi connectivity index (χ1) is 25.7. The van der Waals surface area contributed by atoms with Crippen molar-refractivity contribution in [3.63, 3.8) is 0 Å². The van der Waals surface area contributed by atoms with Crippen molar-refractivity contribution in [1.82, 2.24) is 15.5 Å². The predicted molar refractivity (Wildman–Crippen MR) is 196 cm³/mol. The van der Waals surface area contributed by atoms with Crippen LogP contribution in [0, 0.1) is 11.3 Å². The number of Topliss-reactive ketones (excluding diaryl/α,β-unsaturated/α-hetero) is 1. The van der Waals surface area contributed by atoms with E-state index < -0.39 is 65.9 Å². The molecule has 2 heterocycles. The molecule has 1 aromatic carbocycles. The maximum atomic E-state index is 13.4. The van der Waals surface area contributed by atoms with Gasteiger partial charge in [0.25, 0.3) is 11.8 Å². The van der Waals surface area contributed by atoms with Crippen LogP contribution in [0.5, 0.6) is 0 Å². The van der Waals surface area contributed by atoms with E-state index in [2.05, 4.69) is 10.6 Å². The van der Waals surface area contributed by atoms with E-state index in [4.69, 9.17) is 9.47 Å². The van der Waals surface area contributed by atoms with E-state index in [1.807, 2.05) is 0 Å². The molecule has 16 nitrogen and oxygen atoms in total. The van der Waals surface area contributed by atoms with Crippen molar-refractivity contribution in [1.29, 1.82) is 0 Å². The van der Waals surface area contributed by atoms with Gasteiger partial charge in [-0.15, -0.1) is 0 Å². The number of unbranched alkanes of at least 4 members (excludes halogenated alkanes) is 2. The van der Waals surface area contributed by atoms with Gasteiger partial charge in [-0.3, -0.25) is 33.7 Å². The Labute approximate surface area is 320 Å². The molecule has 0 aliphatic carbocycles. The molecule has 4 amide bonds. The number of hydrogen-bond donors (Lipinski definition) is 6. The molecule has 1 fully saturated rings. The Balaban J connectivity index is 1.62. The quantitative estimate of drug-likeness (QED) is 0.0651. The second-order valence-electron chi connectivity index (χ2n) is 15.5. The largest absolute Gasteiger partial charge is 0.479 e. The van der Waals surface area contributed by atoms with E-state index in [-0.39, 0.29) is 68.3 Å². The summed E-state index contributed by atoms with van der Waals surface area (Å²) in [4.78, 5) is 87.9. The number of rotatable bonds is 19. The summed E-state index contributed by atoms with van der Waals surface area (Å²) in [5.41, 5.74) is 0.968. The number of carboxylic acid groups (broad SMARTS) is 1. The van der Waals surface area contributed by atoms with Crippen LogP contribution in [0.3, 0.4) is 0 Å². The number of hydrogen-bond acceptors (Lipinski definition) is 12. The lowest BCUT2D eigenvalue weighted by atomic mass is 9.90. The fourth-order valence-electron chi connectivity index (χ4n) is 6.12. The highest BCUT2D eigenvalue weighted by molar-refractivity contribution is 6.12. The molecule has 2 aliphatic rings. The Bertz CT molecular complexity index is 1600. The van der Waals surface area contributed by atoms with Gasteiger partial charge in [0.1, 0.15) is 31.0 Å². The number of aryl methyl sites for hydroxylation is 1. The van der Waals surface area contributed by atoms with E-state index in [9.17, 15) is 54.0 Å². The fourth-order valence-corrected chi connectivity index (χ4v) is 6.12. The summed E-state index contributed by atoms with van der Waals surface area (Å²) in [5.74, 6) is -4.17. The number of nitrogens with one attached hydrogen (secondary N) is 2. The molecule has 0 aromatic heterocycles. The van der Waals surface area contributed by atoms with Crippen LogP contribution >= 0.6 is 0 Å². The number of esters is 1. The zero-order valence-electron chi connectivity index (χ0n) is 32.3. The number of carbonyl (C=O) groups excluding carboxylic acids is 6. The number of aliphatic hydroxyl groups is 3. The Morgan fingerprint density at radius 3 is 2.15 bits per heavy atom. The van der Waals surface area contributed by atoms with Crippen molar-refractivity contribution in [2.45, 2.75) is 136 Å². The van der Waals surface area contributed by atoms with E-state index in [1.165, 1.54) is 19.1 Å². The predicted octanol–water partition coefficient (Wildman–Crippen LogP) is 0.886. The molecule has 6 N–H and O–H groups in total. The van der Waals surface area contributed by atoms with Crippen molar-refractivity contribution in [3.05, 3.63) is 47.0 Å². The van der Waals surface area contributed by atoms with Gasteiger partial charge in [-0.2, -0.15) is 0 Å². The maximum absolute atomic E-state index is 13.4. The van der Waals surface area contributed by atoms with Crippen LogP contribution in [0.4, 0.5) is 0 Å². The molecule has 0 spiro atoms. The topological polar surface area (TPSA) is 246 Å². The van der Waals surface area contributed by atoms with Gasteiger partial charge in [-0.05, 0) is 76.0 Å². The first kappa shape index (κ1) is 44.9. The maximum Gasteiger partial charge on any atom is 0.335 e. The number of ether oxygens (including phenoxy) is 2. The van der Waals surface area contributed by atoms with Crippen LogP contribution in [-0.2, 0) is 62.5 Å². The minimum Gasteiger partial charge on any atom is -0.479 e. The van der Waals surface area contributed by atoms with Crippen LogP contribution in [0.1, 0.15) is 90.3 Å². The van der Waals surface area contributed by atoms with Crippen LogP contribution in [0.15, 0.2) is 30.4 Å². The average molecular weight is 774 g/mol. The Kier molecular flexibility index (Phi) is 16.2. The van der Waals surface area contributed by atoms with Crippen molar-refractivity contribution < 1.29 is 63.5 Å². The zero-order valence-corrected chi connectivity index (χ0v) is 32.3. The molecule has 2 aliphatic heterocycles. The molecule has 0 saturated carbocycles. The highest BCUT2D eigenvalue weighted by atomic mass is 16.6. The van der Waals surface area contributed by atoms with Gasteiger partial charge in [0, 0.05) is 31.5 Å². The summed E-state index contributed by atoms with van der Waals surface area (Å²) >= 11 is 0. The van der Waals surface area contributed by atoms with Crippen molar-refractivity contribution in [2.75, 3.05) is 6.54 Å². The van der Waals surface area contributed by atoms with E-state index in [0.29, 0.717) is 36.0 Å². The minimum atomic E-state index is -1.83. The third-order valence-corrected chi connectivity index (χ3v) is 9.57. The van der Waals surface area contributed by atoms with E-state index in [1.54, 1.807) is 52.8 Å². The van der Waals surface area contributed by atoms with Gasteiger partial charge in [0.15, 0.2) is 11.9 Å². The zero-order chi connectivity index (χ0) is 41.2. The van der Waals surface area contributed by atoms with Crippen molar-refractivity contribution >= 4 is 41.4 Å². The summed E-state index contributed by atoms with van der Waals surface area (Å²) < 4.78 is 10.9. The lowest BCUT2D eigenvalue weighted by Gasteiger charge is -2.39. The van der Waals surface area contributed by atoms with Crippen LogP contribution in [0.2, 0.25) is 0 Å². The lowest BCUT2D eigenvalue weighted by Crippen LogP contribution is -2.59. The number of aliphatic hydroxyl groups excluding tert-OH is 3. The number of carbonyl (C=O) groups is 7. The van der Waals surface area contributed by atoms with Crippen LogP contribution in [0.25, 0.3) is 0 Å². The normalized spacial score (nSPS) is 22.4. The molecule has 55 heavy (non-hydrogen) atoms. The standard InChI is InChI=1S/C39H55N3O13/c1-21(2)31(41-28(44)10-8-7-9-17-42-29(45)15-16-30(42)46)36(50)40-22(3)26(43)19-23-11-12-25(20-54-38(53)39(4,5)6)24(18-23)13-14-27-32(47)33(48)34(49)35(55-27)37(51)52/h11-12,15-16,18,21-22,27,31-35,47-49H,7-10,13-14,17,19-20H2,1-6H3,(H,40,50)(H,41,44)(H,51,52)/t22-,27-,31-,32-,33+,34-,35-/m0/s1. The third-order valence-electron chi connectivity index (χ3n) is 9.57. The Morgan fingerprint density at radius 2 is 1.55 bits per heavy atom. The third kappa shape index (κ3) is 12.8. The van der Waals surface area contributed by atoms with Crippen molar-refractivity contribution in [3.8, 4) is 0 Å². The number of amides is 4. The first-order valence-corrected chi connectivity index (χ1v) is 18.6. The van der Waals surface area contributed by atoms with Crippen LogP contribution < -0.4 is 10.6 Å². The first-order valence-electron chi connectivity index (χ1n) is 18.6. The second-order valence-corrected chi connectivity index (χ2v) is 15.5. The number of imide groups is 1. The summed E-state index contributed by atoms with van der Waals surface area (Å²) in [7, 11) is 0. The monoisotopic (exact) mass is 773 g/mol. The number of aliphatic carboxylic acids is 1. The Morgan fingerprint density at radius 1 is 0.891 bits per heavy atom. The second kappa shape index (κ2) is 19.9. The summed E-state index contributed by atoms with van der Waals surface area (Å²) in [6.07, 6.45) is -3.83. The molecule has 304 valence electrons. The van der Waals surface area contributed by atoms with Crippen molar-refractivity contribution in [2.24, 2.45) is 11.3 Å². The Hall–Kier alpha value is -4.51. The molecule has 0 bridgehead atoms. The lowest BCUT2D eigenvalue weighted by molar-refractivity contribution is -0.228. The van der Waals surface area contributed by atoms with Gasteiger partial charge >= 0.3 is 11.9 Å². The summed E-state index contributed by atoms with van der Waals surface area (Å²) in [6.45, 7) is 10.3. The fraction of sp³-hybridized carbons (Fsp3) is 0.615. The molecule has 1 aromatic rings. The van der Waals surface area contributed by atoms with Gasteiger partial charge in [-0.25, -0.2) is 4.79 Å². The minimum absolute atomic E-state index is 0.0133. The summed E-state index contributed by atoms with van der Waals surface area (Å²) in [6, 6.07) is 3.22. The molecule has 3 rings (SSSR count). The smallest absolute Gasteiger partial charge is 0.335 e. The SMILES string of the molecule is CC(C)[C@H](NC(=O)CCCCCN1C(=O)C=CC1=O)C(=O)N[C@@H](C)C(=O)Cc1ccc(COC(=O)C(C)(C)C)c(CC[C@@H]2O[C@H](C(=O)O)[C@@H](O)[C@H](O)[C@H]2O)c1. The van der Waals surface area contributed by atoms with E-state index in [0.717, 1.165) is 4.90 Å². The highest BCUT2D eigenvalue weighted by Crippen LogP contribution is 2.27. The van der Waals surface area contributed by atoms with Gasteiger partial charge < -0.3 is 40.5 Å². The number of nitrogens with zero attached hydrogens (tertiary/aromatic N) is 1. The molecule has 7 atom stereocenters. The van der Waals surface area contributed by atoms with E-state index >= 15 is 0 Å². The number of benzene rings is 1. The highest BCUT2D eigenvalue weighted by Gasteiger charge is 2.46. The summed E-state index contributed by atoms with van der Waals surface area (Å²) in [5, 5.41) is 45.7. The number of carboxylic acids is 1. The average Bonchev–Trinajstić information content (AvgIpc) is 3.43. The molecular weight excluding hydrogens is 718 g/mol. The molecule has 0 radical (unpaired) electrons. The number of ketones is 1. The molecule has 0 unspecified atom stereocenters. The molecule has 1 saturated heterocycles.